The van der Waals surface area contributed by atoms with Gasteiger partial charge in [0.2, 0.25) is 0 Å². The Bertz CT molecular complexity index is 2800. The van der Waals surface area contributed by atoms with Gasteiger partial charge in [-0.25, -0.2) is 0 Å². The van der Waals surface area contributed by atoms with Crippen molar-refractivity contribution in [3.63, 3.8) is 0 Å². The number of aliphatic hydroxyl groups is 3. The maximum absolute atomic E-state index is 16.4. The lowest BCUT2D eigenvalue weighted by atomic mass is 9.29. The van der Waals surface area contributed by atoms with Crippen LogP contribution in [0.15, 0.2) is 47.5 Å². The third-order valence-electron chi connectivity index (χ3n) is 26.9. The number of allylic oxidation sites excluding steroid dienone is 2. The number of aliphatic hydroxyl groups excluding tert-OH is 2. The predicted octanol–water partition coefficient (Wildman–Crippen LogP) is 12.7. The Morgan fingerprint density at radius 2 is 1.54 bits per heavy atom. The number of ether oxygens (including phenoxy) is 1. The summed E-state index contributed by atoms with van der Waals surface area (Å²) >= 11 is 0. The lowest BCUT2D eigenvalue weighted by Gasteiger charge is -2.75. The van der Waals surface area contributed by atoms with Gasteiger partial charge in [0.05, 0.1) is 17.3 Å². The molecule has 2 aliphatic heterocycles. The van der Waals surface area contributed by atoms with E-state index in [1.165, 1.54) is 29.5 Å². The zero-order valence-electron chi connectivity index (χ0n) is 51.4. The van der Waals surface area contributed by atoms with E-state index in [9.17, 15) is 20.4 Å². The lowest BCUT2D eigenvalue weighted by molar-refractivity contribution is -0.247. The van der Waals surface area contributed by atoms with Crippen molar-refractivity contribution in [3.8, 4) is 5.75 Å². The molecule has 8 N–H and O–H groups in total. The first kappa shape index (κ1) is 57.9. The molecule has 7 saturated carbocycles. The van der Waals surface area contributed by atoms with Gasteiger partial charge in [-0.05, 0) is 251 Å². The Hall–Kier alpha value is -3.12. The van der Waals surface area contributed by atoms with E-state index in [2.05, 4.69) is 69.5 Å². The van der Waals surface area contributed by atoms with E-state index in [-0.39, 0.29) is 65.4 Å². The minimum atomic E-state index is -0.925. The number of nitrogen functional groups attached to an aromatic ring is 1. The first-order chi connectivity index (χ1) is 39.2. The largest absolute Gasteiger partial charge is 0.508 e. The van der Waals surface area contributed by atoms with Gasteiger partial charge in [0, 0.05) is 54.6 Å². The van der Waals surface area contributed by atoms with E-state index < -0.39 is 39.5 Å². The number of epoxide rings is 1. The molecular weight excluding hydrogens is 1020 g/mol. The summed E-state index contributed by atoms with van der Waals surface area (Å²) in [6.07, 6.45) is 22.0. The van der Waals surface area contributed by atoms with Crippen molar-refractivity contribution in [2.24, 2.45) is 86.8 Å². The molecule has 9 fully saturated rings. The Labute approximate surface area is 492 Å². The standard InChI is InChI=1S/C72H105N3O7/c1-41(2)28-42-29-46(33-50(73)31-42)52-18-13-19-55(52)70(6)66(82-70)63(79)53-23-21-45-15-12-14-44-20-22-49(39-76)72-36-57-64-68(4,27-11-10-26-67(3,81)40-75-57)65(80)54(47-30-43(38-74-7)32-51(77)34-47)35-71(64,48-16-8-9-17-48)59(72)25-24-56-62(61(53)60(44)45)58(78)37-69(56,72)5/h29-34,41,44-45,48-49,52-55,57,59-61,63-64,66,74-77,79,81H,8-28,35-40,73H2,1-7H3. The molecule has 13 rings (SSSR count). The van der Waals surface area contributed by atoms with Gasteiger partial charge in [-0.2, -0.15) is 0 Å². The van der Waals surface area contributed by atoms with Crippen LogP contribution in [0.5, 0.6) is 5.75 Å². The van der Waals surface area contributed by atoms with E-state index >= 15 is 9.59 Å². The van der Waals surface area contributed by atoms with Gasteiger partial charge in [-0.15, -0.1) is 0 Å². The van der Waals surface area contributed by atoms with Crippen molar-refractivity contribution >= 4 is 17.3 Å². The van der Waals surface area contributed by atoms with Crippen molar-refractivity contribution in [1.29, 1.82) is 0 Å². The molecule has 2 saturated heterocycles. The van der Waals surface area contributed by atoms with Gasteiger partial charge in [-0.1, -0.05) is 96.8 Å². The number of Topliss-reactive ketones (excluding diaryl/α,β-unsaturated/α-hetero) is 2. The number of ketones is 2. The molecule has 11 aliphatic rings. The van der Waals surface area contributed by atoms with Crippen LogP contribution in [0, 0.1) is 86.8 Å². The fourth-order valence-corrected chi connectivity index (χ4v) is 24.1. The summed E-state index contributed by atoms with van der Waals surface area (Å²) in [4.78, 5) is 32.6. The predicted molar refractivity (Wildman–Crippen MR) is 324 cm³/mol. The highest BCUT2D eigenvalue weighted by atomic mass is 16.6. The Kier molecular flexibility index (Phi) is 15.1. The quantitative estimate of drug-likeness (QED) is 0.0846. The summed E-state index contributed by atoms with van der Waals surface area (Å²) in [5.41, 5.74) is 11.0. The molecule has 2 aromatic rings. The van der Waals surface area contributed by atoms with Crippen molar-refractivity contribution < 1.29 is 34.8 Å². The van der Waals surface area contributed by atoms with E-state index in [1.807, 2.05) is 26.1 Å². The number of fused-ring (bicyclic) bond motifs is 2. The summed E-state index contributed by atoms with van der Waals surface area (Å²) in [5, 5.41) is 57.4. The molecule has 9 aliphatic carbocycles. The molecule has 82 heavy (non-hydrogen) atoms. The van der Waals surface area contributed by atoms with Crippen molar-refractivity contribution in [2.75, 3.05) is 25.9 Å². The van der Waals surface area contributed by atoms with Crippen LogP contribution in [0.1, 0.15) is 223 Å². The topological polar surface area (TPSA) is 178 Å². The molecular formula is C72H105N3O7. The monoisotopic (exact) mass is 1120 g/mol. The highest BCUT2D eigenvalue weighted by Crippen LogP contribution is 2.81. The number of benzene rings is 2. The molecule has 20 atom stereocenters. The third kappa shape index (κ3) is 8.99. The average molecular weight is 1120 g/mol. The molecule has 1 spiro atoms. The smallest absolute Gasteiger partial charge is 0.160 e. The molecule has 10 nitrogen and oxygen atoms in total. The van der Waals surface area contributed by atoms with Gasteiger partial charge >= 0.3 is 0 Å². The number of carbonyl (C=O) groups excluding carboxylic acids is 2. The number of anilines is 1. The molecule has 2 heterocycles. The molecule has 2 aromatic carbocycles. The summed E-state index contributed by atoms with van der Waals surface area (Å²) < 4.78 is 7.06. The third-order valence-corrected chi connectivity index (χ3v) is 26.9. The SMILES string of the molecule is CNCc1cc(O)cc(C2CC3(C4CCCC4)C4C(CC56C(CO)CCC7CCCC8CCC(C(O)C9OC9(C)C9CCCC9c9cc(N)cc(CC(C)C)c9)C(C9=C(CCC35)C6(C)CC9=O)C87)NCC(C)(O)CCCCC4(C)C2=O)c1. The number of carbonyl (C=O) groups is 2. The van der Waals surface area contributed by atoms with Crippen LogP contribution in [-0.2, 0) is 27.3 Å². The van der Waals surface area contributed by atoms with Gasteiger partial charge < -0.3 is 41.5 Å². The van der Waals surface area contributed by atoms with Crippen LogP contribution in [0.25, 0.3) is 0 Å². The molecule has 450 valence electrons. The fraction of sp³-hybridized carbons (Fsp3) is 0.778. The molecule has 10 heteroatoms. The summed E-state index contributed by atoms with van der Waals surface area (Å²) in [6.45, 7) is 14.8. The van der Waals surface area contributed by atoms with Crippen LogP contribution in [-0.4, -0.2) is 81.6 Å². The number of rotatable bonds is 11. The van der Waals surface area contributed by atoms with E-state index in [0.717, 1.165) is 144 Å². The van der Waals surface area contributed by atoms with Gasteiger partial charge in [0.25, 0.3) is 0 Å². The number of β-amino-alcohol motifs (C(OH)–C–C–N with tert-alkyl or cyclic N) is 1. The highest BCUT2D eigenvalue weighted by Gasteiger charge is 2.78. The maximum Gasteiger partial charge on any atom is 0.160 e. The van der Waals surface area contributed by atoms with Crippen LogP contribution < -0.4 is 16.4 Å². The maximum atomic E-state index is 16.4. The van der Waals surface area contributed by atoms with E-state index in [1.54, 1.807) is 0 Å². The minimum absolute atomic E-state index is 0.000858. The Morgan fingerprint density at radius 1 is 0.805 bits per heavy atom. The van der Waals surface area contributed by atoms with Crippen molar-refractivity contribution in [2.45, 2.75) is 243 Å². The number of phenols is 1. The molecule has 0 aromatic heterocycles. The minimum Gasteiger partial charge on any atom is -0.508 e. The molecule has 0 amide bonds. The van der Waals surface area contributed by atoms with E-state index in [0.29, 0.717) is 79.4 Å². The normalized spacial score (nSPS) is 45.1. The number of nitrogens with two attached hydrogens (primary N) is 1. The number of hydrogen-bond acceptors (Lipinski definition) is 10. The number of aromatic hydroxyl groups is 1. The van der Waals surface area contributed by atoms with Crippen molar-refractivity contribution in [1.82, 2.24) is 10.6 Å². The Balaban J connectivity index is 0.954. The van der Waals surface area contributed by atoms with Crippen LogP contribution in [0.3, 0.4) is 0 Å². The highest BCUT2D eigenvalue weighted by molar-refractivity contribution is 6.01. The van der Waals surface area contributed by atoms with Crippen LogP contribution in [0.2, 0.25) is 0 Å². The second-order valence-corrected chi connectivity index (χ2v) is 31.6. The molecule has 0 radical (unpaired) electrons. The van der Waals surface area contributed by atoms with Gasteiger partial charge in [0.1, 0.15) is 17.6 Å². The number of nitrogens with one attached hydrogen (secondary N) is 2. The van der Waals surface area contributed by atoms with Crippen LogP contribution >= 0.6 is 0 Å². The van der Waals surface area contributed by atoms with Gasteiger partial charge in [0.15, 0.2) is 5.78 Å². The summed E-state index contributed by atoms with van der Waals surface area (Å²) in [7, 11) is 1.93. The summed E-state index contributed by atoms with van der Waals surface area (Å²) in [6, 6.07) is 12.6. The second kappa shape index (κ2) is 21.3. The zero-order chi connectivity index (χ0) is 57.5. The summed E-state index contributed by atoms with van der Waals surface area (Å²) in [5.74, 6) is 3.05. The number of phenolic OH excluding ortho intramolecular Hbond substituents is 1. The van der Waals surface area contributed by atoms with Crippen molar-refractivity contribution in [3.05, 3.63) is 69.8 Å². The zero-order valence-corrected chi connectivity index (χ0v) is 51.4. The molecule has 20 unspecified atom stereocenters. The van der Waals surface area contributed by atoms with Gasteiger partial charge in [-0.3, -0.25) is 9.59 Å². The fourth-order valence-electron chi connectivity index (χ4n) is 24.1. The molecule has 4 bridgehead atoms. The van der Waals surface area contributed by atoms with Crippen LogP contribution in [0.4, 0.5) is 5.69 Å². The second-order valence-electron chi connectivity index (χ2n) is 31.6. The first-order valence-electron chi connectivity index (χ1n) is 33.8. The Morgan fingerprint density at radius 3 is 2.28 bits per heavy atom. The number of hydrogen-bond donors (Lipinski definition) is 7. The first-order valence-corrected chi connectivity index (χ1v) is 33.8. The lowest BCUT2D eigenvalue weighted by Crippen LogP contribution is -2.74. The van der Waals surface area contributed by atoms with E-state index in [4.69, 9.17) is 10.5 Å². The average Bonchev–Trinajstić information content (AvgIpc) is 1.44.